The molecule has 0 saturated heterocycles. The number of carboxylic acids is 1. The third-order valence-electron chi connectivity index (χ3n) is 2.63. The summed E-state index contributed by atoms with van der Waals surface area (Å²) < 4.78 is 2.32. The highest BCUT2D eigenvalue weighted by atomic mass is 79.9. The number of nitrogens with one attached hydrogen (secondary N) is 1. The Kier molecular flexibility index (Phi) is 4.98. The maximum Gasteiger partial charge on any atom is 0.356 e. The molecule has 21 heavy (non-hydrogen) atoms. The Bertz CT molecular complexity index is 667. The van der Waals surface area contributed by atoms with Gasteiger partial charge in [-0.3, -0.25) is 4.79 Å². The van der Waals surface area contributed by atoms with E-state index in [9.17, 15) is 9.59 Å². The second-order valence-corrected chi connectivity index (χ2v) is 5.57. The van der Waals surface area contributed by atoms with Gasteiger partial charge in [-0.25, -0.2) is 9.78 Å². The minimum Gasteiger partial charge on any atom is -0.476 e. The molecule has 2 N–H and O–H groups in total. The fourth-order valence-corrected chi connectivity index (χ4v) is 2.54. The highest BCUT2D eigenvalue weighted by molar-refractivity contribution is 9.10. The number of hydrogen-bond acceptors (Lipinski definition) is 3. The summed E-state index contributed by atoms with van der Waals surface area (Å²) >= 11 is 9.15. The molecule has 1 heterocycles. The Morgan fingerprint density at radius 1 is 1.38 bits per heavy atom. The van der Waals surface area contributed by atoms with E-state index in [1.54, 1.807) is 22.8 Å². The average Bonchev–Trinajstić information content (AvgIpc) is 2.86. The molecule has 1 aromatic carbocycles. The summed E-state index contributed by atoms with van der Waals surface area (Å²) in [7, 11) is 0. The van der Waals surface area contributed by atoms with Crippen LogP contribution in [0.1, 0.15) is 20.8 Å². The second-order valence-electron chi connectivity index (χ2n) is 4.22. The first kappa shape index (κ1) is 15.5. The Morgan fingerprint density at radius 2 is 2.14 bits per heavy atom. The zero-order chi connectivity index (χ0) is 15.4. The number of benzene rings is 1. The molecule has 110 valence electrons. The Labute approximate surface area is 133 Å². The van der Waals surface area contributed by atoms with Gasteiger partial charge in [0.1, 0.15) is 0 Å². The van der Waals surface area contributed by atoms with Crippen LogP contribution in [0.2, 0.25) is 5.02 Å². The van der Waals surface area contributed by atoms with Crippen LogP contribution >= 0.6 is 27.5 Å². The van der Waals surface area contributed by atoms with E-state index in [2.05, 4.69) is 26.2 Å². The van der Waals surface area contributed by atoms with Gasteiger partial charge in [0.15, 0.2) is 5.69 Å². The monoisotopic (exact) mass is 371 g/mol. The largest absolute Gasteiger partial charge is 0.476 e. The van der Waals surface area contributed by atoms with Gasteiger partial charge in [-0.15, -0.1) is 0 Å². The Morgan fingerprint density at radius 3 is 2.76 bits per heavy atom. The number of carboxylic acid groups (broad SMARTS) is 1. The zero-order valence-electron chi connectivity index (χ0n) is 10.7. The zero-order valence-corrected chi connectivity index (χ0v) is 13.1. The van der Waals surface area contributed by atoms with Crippen LogP contribution in [0.25, 0.3) is 0 Å². The maximum absolute atomic E-state index is 11.9. The number of imidazole rings is 1. The highest BCUT2D eigenvalue weighted by Gasteiger charge is 2.08. The molecule has 0 saturated carbocycles. The predicted octanol–water partition coefficient (Wildman–Crippen LogP) is 2.43. The van der Waals surface area contributed by atoms with Crippen molar-refractivity contribution in [2.45, 2.75) is 6.54 Å². The van der Waals surface area contributed by atoms with Crippen LogP contribution in [0.5, 0.6) is 0 Å². The third-order valence-corrected chi connectivity index (χ3v) is 3.31. The summed E-state index contributed by atoms with van der Waals surface area (Å²) in [6.45, 7) is 0.770. The number of nitrogens with zero attached hydrogens (tertiary/aromatic N) is 2. The van der Waals surface area contributed by atoms with Crippen molar-refractivity contribution in [1.29, 1.82) is 0 Å². The van der Waals surface area contributed by atoms with Crippen molar-refractivity contribution in [3.05, 3.63) is 51.5 Å². The molecule has 0 fully saturated rings. The summed E-state index contributed by atoms with van der Waals surface area (Å²) in [5.74, 6) is -1.33. The van der Waals surface area contributed by atoms with Crippen LogP contribution < -0.4 is 5.32 Å². The molecule has 1 amide bonds. The van der Waals surface area contributed by atoms with E-state index in [-0.39, 0.29) is 11.6 Å². The number of rotatable bonds is 5. The Hall–Kier alpha value is -1.86. The SMILES string of the molecule is O=C(NCCn1cnc(C(=O)O)c1)c1cc(Cl)cc(Br)c1. The molecular weight excluding hydrogens is 362 g/mol. The number of carbonyl (C=O) groups is 2. The third kappa shape index (κ3) is 4.30. The molecule has 0 radical (unpaired) electrons. The van der Waals surface area contributed by atoms with Gasteiger partial charge in [0, 0.05) is 34.3 Å². The lowest BCUT2D eigenvalue weighted by Crippen LogP contribution is -2.27. The first-order valence-corrected chi connectivity index (χ1v) is 7.12. The molecule has 0 aliphatic heterocycles. The number of hydrogen-bond donors (Lipinski definition) is 2. The molecule has 8 heteroatoms. The normalized spacial score (nSPS) is 10.4. The summed E-state index contributed by atoms with van der Waals surface area (Å²) in [5.41, 5.74) is 0.423. The van der Waals surface area contributed by atoms with Crippen LogP contribution in [-0.4, -0.2) is 33.1 Å². The first-order chi connectivity index (χ1) is 9.95. The summed E-state index contributed by atoms with van der Waals surface area (Å²) in [5, 5.41) is 11.9. The lowest BCUT2D eigenvalue weighted by atomic mass is 10.2. The number of carbonyl (C=O) groups excluding carboxylic acids is 1. The van der Waals surface area contributed by atoms with Gasteiger partial charge in [0.2, 0.25) is 0 Å². The first-order valence-electron chi connectivity index (χ1n) is 5.95. The minimum absolute atomic E-state index is 0.0277. The fraction of sp³-hybridized carbons (Fsp3) is 0.154. The van der Waals surface area contributed by atoms with E-state index >= 15 is 0 Å². The summed E-state index contributed by atoms with van der Waals surface area (Å²) in [6.07, 6.45) is 2.82. The molecule has 2 rings (SSSR count). The number of amides is 1. The smallest absolute Gasteiger partial charge is 0.356 e. The van der Waals surface area contributed by atoms with E-state index in [4.69, 9.17) is 16.7 Å². The predicted molar refractivity (Wildman–Crippen MR) is 80.7 cm³/mol. The van der Waals surface area contributed by atoms with Gasteiger partial charge in [-0.05, 0) is 18.2 Å². The molecule has 0 bridgehead atoms. The molecule has 0 spiro atoms. The topological polar surface area (TPSA) is 84.2 Å². The van der Waals surface area contributed by atoms with Gasteiger partial charge >= 0.3 is 5.97 Å². The van der Waals surface area contributed by atoms with Crippen LogP contribution in [0, 0.1) is 0 Å². The number of halogens is 2. The minimum atomic E-state index is -1.08. The Balaban J connectivity index is 1.90. The molecule has 0 aliphatic rings. The summed E-state index contributed by atoms with van der Waals surface area (Å²) in [6, 6.07) is 4.93. The number of aromatic carboxylic acids is 1. The second kappa shape index (κ2) is 6.73. The van der Waals surface area contributed by atoms with E-state index in [0.29, 0.717) is 23.7 Å². The molecule has 2 aromatic rings. The number of aromatic nitrogens is 2. The van der Waals surface area contributed by atoms with Crippen LogP contribution in [0.3, 0.4) is 0 Å². The highest BCUT2D eigenvalue weighted by Crippen LogP contribution is 2.19. The van der Waals surface area contributed by atoms with Crippen molar-refractivity contribution in [3.63, 3.8) is 0 Å². The quantitative estimate of drug-likeness (QED) is 0.844. The van der Waals surface area contributed by atoms with Gasteiger partial charge in [0.25, 0.3) is 5.91 Å². The van der Waals surface area contributed by atoms with Crippen LogP contribution in [-0.2, 0) is 6.54 Å². The van der Waals surface area contributed by atoms with Crippen LogP contribution in [0.15, 0.2) is 35.2 Å². The fourth-order valence-electron chi connectivity index (χ4n) is 1.68. The van der Waals surface area contributed by atoms with E-state index in [0.717, 1.165) is 4.47 Å². The van der Waals surface area contributed by atoms with Gasteiger partial charge < -0.3 is 15.0 Å². The standard InChI is InChI=1S/C13H11BrClN3O3/c14-9-3-8(4-10(15)5-9)12(19)16-1-2-18-6-11(13(20)21)17-7-18/h3-7H,1-2H2,(H,16,19)(H,20,21). The van der Waals surface area contributed by atoms with Crippen molar-refractivity contribution < 1.29 is 14.7 Å². The van der Waals surface area contributed by atoms with E-state index in [1.165, 1.54) is 12.5 Å². The molecular formula is C13H11BrClN3O3. The van der Waals surface area contributed by atoms with Crippen molar-refractivity contribution >= 4 is 39.4 Å². The average molecular weight is 373 g/mol. The molecule has 1 aromatic heterocycles. The van der Waals surface area contributed by atoms with Crippen molar-refractivity contribution in [3.8, 4) is 0 Å². The molecule has 6 nitrogen and oxygen atoms in total. The van der Waals surface area contributed by atoms with Gasteiger partial charge in [-0.2, -0.15) is 0 Å². The maximum atomic E-state index is 11.9. The van der Waals surface area contributed by atoms with Crippen molar-refractivity contribution in [2.24, 2.45) is 0 Å². The van der Waals surface area contributed by atoms with Crippen molar-refractivity contribution in [1.82, 2.24) is 14.9 Å². The molecule has 0 atom stereocenters. The van der Waals surface area contributed by atoms with Crippen molar-refractivity contribution in [2.75, 3.05) is 6.54 Å². The van der Waals surface area contributed by atoms with Crippen LogP contribution in [0.4, 0.5) is 0 Å². The lowest BCUT2D eigenvalue weighted by Gasteiger charge is -2.06. The van der Waals surface area contributed by atoms with Gasteiger partial charge in [0.05, 0.1) is 6.33 Å². The summed E-state index contributed by atoms with van der Waals surface area (Å²) in [4.78, 5) is 26.3. The lowest BCUT2D eigenvalue weighted by molar-refractivity contribution is 0.0690. The molecule has 0 aliphatic carbocycles. The van der Waals surface area contributed by atoms with Gasteiger partial charge in [-0.1, -0.05) is 27.5 Å². The van der Waals surface area contributed by atoms with E-state index < -0.39 is 5.97 Å². The van der Waals surface area contributed by atoms with E-state index in [1.807, 2.05) is 0 Å². The molecule has 0 unspecified atom stereocenters.